The number of ether oxygens (including phenoxy) is 1. The molecule has 0 bridgehead atoms. The molecule has 0 aliphatic carbocycles. The number of benzene rings is 3. The summed E-state index contributed by atoms with van der Waals surface area (Å²) < 4.78 is 24.2. The highest BCUT2D eigenvalue weighted by Gasteiger charge is 2.25. The Balaban J connectivity index is 1.44. The molecule has 6 nitrogen and oxygen atoms in total. The van der Waals surface area contributed by atoms with E-state index in [1.54, 1.807) is 36.4 Å². The lowest BCUT2D eigenvalue weighted by atomic mass is 10.1. The number of esters is 1. The molecule has 156 valence electrons. The second kappa shape index (κ2) is 9.44. The largest absolute Gasteiger partial charge is 0.447 e. The summed E-state index contributed by atoms with van der Waals surface area (Å²) in [6, 6.07) is 21.3. The minimum Gasteiger partial charge on any atom is -0.447 e. The fourth-order valence-corrected chi connectivity index (χ4v) is 3.46. The first-order valence-corrected chi connectivity index (χ1v) is 10.4. The van der Waals surface area contributed by atoms with Crippen LogP contribution in [-0.4, -0.2) is 22.6 Å². The van der Waals surface area contributed by atoms with E-state index in [0.29, 0.717) is 27.6 Å². The molecule has 31 heavy (non-hydrogen) atoms. The van der Waals surface area contributed by atoms with E-state index in [9.17, 15) is 14.0 Å². The predicted molar refractivity (Wildman–Crippen MR) is 115 cm³/mol. The molecule has 0 saturated carbocycles. The van der Waals surface area contributed by atoms with Crippen molar-refractivity contribution < 1.29 is 23.1 Å². The Kier molecular flexibility index (Phi) is 6.28. The molecule has 3 aromatic carbocycles. The van der Waals surface area contributed by atoms with Crippen LogP contribution in [0.4, 0.5) is 10.1 Å². The average molecular weight is 436 g/mol. The summed E-state index contributed by atoms with van der Waals surface area (Å²) in [4.78, 5) is 29.6. The lowest BCUT2D eigenvalue weighted by Crippen LogP contribution is -2.26. The highest BCUT2D eigenvalue weighted by molar-refractivity contribution is 7.99. The number of carbonyl (C=O) groups excluding carboxylic acids is 2. The normalized spacial score (nSPS) is 11.8. The number of thioether (sulfide) groups is 1. The van der Waals surface area contributed by atoms with Crippen LogP contribution in [0.5, 0.6) is 0 Å². The monoisotopic (exact) mass is 436 g/mol. The molecule has 1 heterocycles. The second-order valence-corrected chi connectivity index (χ2v) is 7.44. The average Bonchev–Trinajstić information content (AvgIpc) is 3.21. The van der Waals surface area contributed by atoms with Gasteiger partial charge in [0.15, 0.2) is 5.58 Å². The number of oxazole rings is 1. The van der Waals surface area contributed by atoms with E-state index >= 15 is 0 Å². The van der Waals surface area contributed by atoms with Gasteiger partial charge in [0.2, 0.25) is 6.10 Å². The van der Waals surface area contributed by atoms with Gasteiger partial charge in [-0.05, 0) is 36.4 Å². The number of aromatic nitrogens is 1. The molecule has 0 saturated heterocycles. The van der Waals surface area contributed by atoms with Crippen molar-refractivity contribution in [3.8, 4) is 0 Å². The lowest BCUT2D eigenvalue weighted by Gasteiger charge is -2.18. The molecule has 1 atom stereocenters. The Morgan fingerprint density at radius 3 is 2.45 bits per heavy atom. The molecule has 1 N–H and O–H groups in total. The Morgan fingerprint density at radius 1 is 1.00 bits per heavy atom. The first-order chi connectivity index (χ1) is 15.1. The van der Waals surface area contributed by atoms with E-state index < -0.39 is 23.8 Å². The number of rotatable bonds is 7. The quantitative estimate of drug-likeness (QED) is 0.325. The van der Waals surface area contributed by atoms with Crippen LogP contribution in [0.15, 0.2) is 88.5 Å². The molecule has 0 aliphatic heterocycles. The molecule has 1 unspecified atom stereocenters. The van der Waals surface area contributed by atoms with Gasteiger partial charge < -0.3 is 14.5 Å². The van der Waals surface area contributed by atoms with E-state index in [-0.39, 0.29) is 5.75 Å². The van der Waals surface area contributed by atoms with Crippen LogP contribution < -0.4 is 5.32 Å². The van der Waals surface area contributed by atoms with Crippen LogP contribution in [-0.2, 0) is 14.3 Å². The van der Waals surface area contributed by atoms with Crippen molar-refractivity contribution in [1.82, 2.24) is 4.98 Å². The second-order valence-electron chi connectivity index (χ2n) is 6.51. The van der Waals surface area contributed by atoms with Crippen molar-refractivity contribution in [3.05, 3.63) is 90.2 Å². The Bertz CT molecular complexity index is 1160. The number of halogens is 1. The Labute approximate surface area is 181 Å². The first-order valence-electron chi connectivity index (χ1n) is 9.38. The number of anilines is 1. The van der Waals surface area contributed by atoms with Gasteiger partial charge in [-0.25, -0.2) is 9.37 Å². The number of hydrogen-bond acceptors (Lipinski definition) is 6. The van der Waals surface area contributed by atoms with Gasteiger partial charge in [0, 0.05) is 11.3 Å². The zero-order valence-electron chi connectivity index (χ0n) is 16.2. The highest BCUT2D eigenvalue weighted by atomic mass is 32.2. The van der Waals surface area contributed by atoms with Crippen molar-refractivity contribution >= 4 is 40.4 Å². The highest BCUT2D eigenvalue weighted by Crippen LogP contribution is 2.25. The van der Waals surface area contributed by atoms with E-state index in [0.717, 1.165) is 11.8 Å². The zero-order valence-corrected chi connectivity index (χ0v) is 17.0. The van der Waals surface area contributed by atoms with Crippen LogP contribution in [0, 0.1) is 5.82 Å². The van der Waals surface area contributed by atoms with Gasteiger partial charge in [-0.1, -0.05) is 54.2 Å². The minimum atomic E-state index is -1.16. The number of amides is 1. The molecular weight excluding hydrogens is 419 g/mol. The van der Waals surface area contributed by atoms with Crippen molar-refractivity contribution in [2.45, 2.75) is 11.3 Å². The SMILES string of the molecule is O=C(CSc1nc2ccccc2o1)OC(C(=O)Nc1ccc(F)cc1)c1ccccc1. The molecule has 0 radical (unpaired) electrons. The van der Waals surface area contributed by atoms with Crippen molar-refractivity contribution in [2.24, 2.45) is 0 Å². The molecule has 8 heteroatoms. The third-order valence-electron chi connectivity index (χ3n) is 4.29. The molecule has 1 amide bonds. The summed E-state index contributed by atoms with van der Waals surface area (Å²) in [5.74, 6) is -1.64. The molecular formula is C23H17FN2O4S. The number of para-hydroxylation sites is 2. The fraction of sp³-hybridized carbons (Fsp3) is 0.0870. The zero-order chi connectivity index (χ0) is 21.6. The van der Waals surface area contributed by atoms with E-state index in [1.165, 1.54) is 24.3 Å². The number of fused-ring (bicyclic) bond motifs is 1. The first kappa shape index (κ1) is 20.6. The van der Waals surface area contributed by atoms with Gasteiger partial charge in [0.05, 0.1) is 0 Å². The van der Waals surface area contributed by atoms with Crippen molar-refractivity contribution in [1.29, 1.82) is 0 Å². The van der Waals surface area contributed by atoms with Crippen LogP contribution in [0.3, 0.4) is 0 Å². The smallest absolute Gasteiger partial charge is 0.317 e. The summed E-state index contributed by atoms with van der Waals surface area (Å²) >= 11 is 1.08. The van der Waals surface area contributed by atoms with Crippen LogP contribution >= 0.6 is 11.8 Å². The summed E-state index contributed by atoms with van der Waals surface area (Å²) in [5.41, 5.74) is 2.23. The number of hydrogen-bond donors (Lipinski definition) is 1. The minimum absolute atomic E-state index is 0.0833. The van der Waals surface area contributed by atoms with Gasteiger partial charge in [-0.15, -0.1) is 0 Å². The molecule has 1 aromatic heterocycles. The predicted octanol–water partition coefficient (Wildman–Crippen LogP) is 4.98. The van der Waals surface area contributed by atoms with Gasteiger partial charge in [-0.2, -0.15) is 0 Å². The van der Waals surface area contributed by atoms with E-state index in [4.69, 9.17) is 9.15 Å². The molecule has 0 spiro atoms. The third kappa shape index (κ3) is 5.29. The maximum absolute atomic E-state index is 13.1. The third-order valence-corrected chi connectivity index (χ3v) is 5.09. The maximum Gasteiger partial charge on any atom is 0.317 e. The van der Waals surface area contributed by atoms with Crippen molar-refractivity contribution in [2.75, 3.05) is 11.1 Å². The molecule has 4 rings (SSSR count). The summed E-state index contributed by atoms with van der Waals surface area (Å²) in [6.45, 7) is 0. The number of nitrogens with one attached hydrogen (secondary N) is 1. The van der Waals surface area contributed by atoms with Gasteiger partial charge in [-0.3, -0.25) is 9.59 Å². The van der Waals surface area contributed by atoms with Gasteiger partial charge >= 0.3 is 5.97 Å². The molecule has 4 aromatic rings. The standard InChI is InChI=1S/C23H17FN2O4S/c24-16-10-12-17(13-11-16)25-22(28)21(15-6-2-1-3-7-15)30-20(27)14-31-23-26-18-8-4-5-9-19(18)29-23/h1-13,21H,14H2,(H,25,28). The van der Waals surface area contributed by atoms with Gasteiger partial charge in [0.25, 0.3) is 11.1 Å². The Morgan fingerprint density at radius 2 is 1.71 bits per heavy atom. The van der Waals surface area contributed by atoms with E-state index in [1.807, 2.05) is 18.2 Å². The van der Waals surface area contributed by atoms with Gasteiger partial charge in [0.1, 0.15) is 17.1 Å². The van der Waals surface area contributed by atoms with E-state index in [2.05, 4.69) is 10.3 Å². The number of carbonyl (C=O) groups is 2. The summed E-state index contributed by atoms with van der Waals surface area (Å²) in [7, 11) is 0. The topological polar surface area (TPSA) is 81.4 Å². The van der Waals surface area contributed by atoms with Crippen molar-refractivity contribution in [3.63, 3.8) is 0 Å². The maximum atomic E-state index is 13.1. The molecule has 0 fully saturated rings. The lowest BCUT2D eigenvalue weighted by molar-refractivity contribution is -0.152. The fourth-order valence-electron chi connectivity index (χ4n) is 2.84. The van der Waals surface area contributed by atoms with Crippen LogP contribution in [0.25, 0.3) is 11.1 Å². The molecule has 0 aliphatic rings. The van der Waals surface area contributed by atoms with Crippen LogP contribution in [0.2, 0.25) is 0 Å². The Hall–Kier alpha value is -3.65. The summed E-state index contributed by atoms with van der Waals surface area (Å²) in [6.07, 6.45) is -1.16. The number of nitrogens with zero attached hydrogens (tertiary/aromatic N) is 1. The summed E-state index contributed by atoms with van der Waals surface area (Å²) in [5, 5.41) is 2.98. The van der Waals surface area contributed by atoms with Crippen LogP contribution in [0.1, 0.15) is 11.7 Å².